The monoisotopic (exact) mass is 568 g/mol. The third-order valence-corrected chi connectivity index (χ3v) is 8.96. The second-order valence-electron chi connectivity index (χ2n) is 11.8. The third-order valence-electron chi connectivity index (χ3n) is 8.96. The Kier molecular flexibility index (Phi) is 10.3. The van der Waals surface area contributed by atoms with E-state index in [1.54, 1.807) is 7.11 Å². The van der Waals surface area contributed by atoms with Gasteiger partial charge >= 0.3 is 0 Å². The standard InChI is InChI=1S/C32H45FN4O4/c1-21-7-9-23(10-8-21)28-6-4-5-25(41-28)11-12-26-22(2)31(36-30(19-33)35-26)32(38)37-16-13-24(14-17-37)34-27-15-18-40-20-29(27)39-3/h7-10,24-25,27-29,34H,4-6,11-20H2,1-3H3/t25-,27+,28+,29-/m1/s1. The molecule has 3 fully saturated rings. The number of methoxy groups -OCH3 is 1. The molecule has 0 aliphatic carbocycles. The fourth-order valence-electron chi connectivity index (χ4n) is 6.40. The van der Waals surface area contributed by atoms with Gasteiger partial charge in [0.05, 0.1) is 24.9 Å². The number of benzene rings is 1. The van der Waals surface area contributed by atoms with Gasteiger partial charge in [0.25, 0.3) is 5.91 Å². The molecule has 1 N–H and O–H groups in total. The van der Waals surface area contributed by atoms with Gasteiger partial charge in [-0.3, -0.25) is 4.79 Å². The fourth-order valence-corrected chi connectivity index (χ4v) is 6.40. The maximum Gasteiger partial charge on any atom is 0.272 e. The summed E-state index contributed by atoms with van der Waals surface area (Å²) in [5, 5.41) is 3.73. The number of carbonyl (C=O) groups excluding carboxylic acids is 1. The molecular weight excluding hydrogens is 523 g/mol. The van der Waals surface area contributed by atoms with E-state index in [1.807, 2.05) is 11.8 Å². The number of hydrogen-bond acceptors (Lipinski definition) is 7. The molecule has 0 unspecified atom stereocenters. The number of halogens is 1. The first kappa shape index (κ1) is 30.0. The highest BCUT2D eigenvalue weighted by atomic mass is 19.1. The molecule has 0 saturated carbocycles. The van der Waals surface area contributed by atoms with Crippen molar-refractivity contribution in [2.75, 3.05) is 33.4 Å². The van der Waals surface area contributed by atoms with Gasteiger partial charge in [-0.25, -0.2) is 14.4 Å². The normalized spacial score (nSPS) is 25.8. The Balaban J connectivity index is 1.19. The third kappa shape index (κ3) is 7.49. The second-order valence-corrected chi connectivity index (χ2v) is 11.8. The van der Waals surface area contributed by atoms with Gasteiger partial charge in [0.15, 0.2) is 5.82 Å². The lowest BCUT2D eigenvalue weighted by atomic mass is 9.95. The van der Waals surface area contributed by atoms with Crippen LogP contribution in [-0.4, -0.2) is 78.5 Å². The number of ether oxygens (including phenoxy) is 3. The van der Waals surface area contributed by atoms with Gasteiger partial charge < -0.3 is 24.4 Å². The molecule has 2 aromatic rings. The summed E-state index contributed by atoms with van der Waals surface area (Å²) in [6.45, 7) is 5.81. The highest BCUT2D eigenvalue weighted by Crippen LogP contribution is 2.33. The van der Waals surface area contributed by atoms with E-state index in [9.17, 15) is 9.18 Å². The van der Waals surface area contributed by atoms with E-state index in [0.717, 1.165) is 62.8 Å². The summed E-state index contributed by atoms with van der Waals surface area (Å²) >= 11 is 0. The minimum Gasteiger partial charge on any atom is -0.379 e. The Hall–Kier alpha value is -2.46. The summed E-state index contributed by atoms with van der Waals surface area (Å²) in [6, 6.07) is 9.16. The molecule has 5 rings (SSSR count). The van der Waals surface area contributed by atoms with Crippen LogP contribution < -0.4 is 5.32 Å². The number of rotatable bonds is 9. The number of carbonyl (C=O) groups is 1. The van der Waals surface area contributed by atoms with Crippen molar-refractivity contribution in [3.63, 3.8) is 0 Å². The van der Waals surface area contributed by atoms with Crippen LogP contribution in [0.1, 0.15) is 89.7 Å². The number of likely N-dealkylation sites (tertiary alicyclic amines) is 1. The molecule has 0 radical (unpaired) electrons. The van der Waals surface area contributed by atoms with Crippen LogP contribution in [0.15, 0.2) is 24.3 Å². The van der Waals surface area contributed by atoms with Crippen LogP contribution in [0.5, 0.6) is 0 Å². The van der Waals surface area contributed by atoms with E-state index in [4.69, 9.17) is 14.2 Å². The zero-order chi connectivity index (χ0) is 28.8. The molecule has 3 saturated heterocycles. The second kappa shape index (κ2) is 14.1. The Bertz CT molecular complexity index is 1160. The van der Waals surface area contributed by atoms with E-state index in [2.05, 4.69) is 46.5 Å². The molecule has 41 heavy (non-hydrogen) atoms. The minimum atomic E-state index is -0.791. The number of nitrogens with zero attached hydrogens (tertiary/aromatic N) is 3. The van der Waals surface area contributed by atoms with Crippen LogP contribution in [0.25, 0.3) is 0 Å². The van der Waals surface area contributed by atoms with Gasteiger partial charge in [0.2, 0.25) is 0 Å². The molecule has 1 aromatic heterocycles. The average Bonchev–Trinajstić information content (AvgIpc) is 3.01. The van der Waals surface area contributed by atoms with Crippen LogP contribution in [0, 0.1) is 13.8 Å². The molecule has 0 spiro atoms. The van der Waals surface area contributed by atoms with E-state index in [-0.39, 0.29) is 36.1 Å². The molecule has 4 atom stereocenters. The number of hydrogen-bond donors (Lipinski definition) is 1. The van der Waals surface area contributed by atoms with Gasteiger partial charge in [-0.15, -0.1) is 0 Å². The SMILES string of the molecule is CO[C@@H]1COCC[C@@H]1NC1CCN(C(=O)c2nc(CF)nc(CC[C@H]3CCC[C@@H](c4ccc(C)cc4)O3)c2C)CC1. The maximum absolute atomic E-state index is 13.8. The zero-order valence-electron chi connectivity index (χ0n) is 24.7. The zero-order valence-corrected chi connectivity index (χ0v) is 24.7. The number of aromatic nitrogens is 2. The molecule has 3 aliphatic rings. The number of amides is 1. The molecule has 4 heterocycles. The van der Waals surface area contributed by atoms with Gasteiger partial charge in [-0.2, -0.15) is 0 Å². The highest BCUT2D eigenvalue weighted by Gasteiger charge is 2.32. The van der Waals surface area contributed by atoms with Crippen LogP contribution in [0.2, 0.25) is 0 Å². The Morgan fingerprint density at radius 2 is 1.88 bits per heavy atom. The van der Waals surface area contributed by atoms with Gasteiger partial charge in [0.1, 0.15) is 12.4 Å². The molecule has 9 heteroatoms. The first-order chi connectivity index (χ1) is 19.9. The summed E-state index contributed by atoms with van der Waals surface area (Å²) < 4.78 is 31.4. The summed E-state index contributed by atoms with van der Waals surface area (Å²) in [4.78, 5) is 24.3. The predicted octanol–water partition coefficient (Wildman–Crippen LogP) is 4.80. The Morgan fingerprint density at radius 1 is 1.10 bits per heavy atom. The number of alkyl halides is 1. The van der Waals surface area contributed by atoms with Crippen molar-refractivity contribution in [3.05, 3.63) is 58.2 Å². The van der Waals surface area contributed by atoms with Crippen molar-refractivity contribution in [1.29, 1.82) is 0 Å². The summed E-state index contributed by atoms with van der Waals surface area (Å²) in [7, 11) is 1.73. The van der Waals surface area contributed by atoms with Crippen molar-refractivity contribution in [3.8, 4) is 0 Å². The first-order valence-corrected chi connectivity index (χ1v) is 15.3. The highest BCUT2D eigenvalue weighted by molar-refractivity contribution is 5.94. The van der Waals surface area contributed by atoms with Crippen LogP contribution in [-0.2, 0) is 27.3 Å². The molecule has 0 bridgehead atoms. The Labute approximate surface area is 243 Å². The Morgan fingerprint density at radius 3 is 2.61 bits per heavy atom. The van der Waals surface area contributed by atoms with E-state index >= 15 is 0 Å². The van der Waals surface area contributed by atoms with Crippen molar-refractivity contribution in [2.45, 2.75) is 102 Å². The van der Waals surface area contributed by atoms with Crippen molar-refractivity contribution in [2.24, 2.45) is 0 Å². The summed E-state index contributed by atoms with van der Waals surface area (Å²) in [6.07, 6.45) is 7.43. The lowest BCUT2D eigenvalue weighted by Gasteiger charge is -2.38. The van der Waals surface area contributed by atoms with Gasteiger partial charge in [-0.05, 0) is 70.8 Å². The van der Waals surface area contributed by atoms with Gasteiger partial charge in [0, 0.05) is 50.1 Å². The first-order valence-electron chi connectivity index (χ1n) is 15.3. The molecule has 1 amide bonds. The topological polar surface area (TPSA) is 85.8 Å². The average molecular weight is 569 g/mol. The fraction of sp³-hybridized carbons (Fsp3) is 0.656. The maximum atomic E-state index is 13.8. The number of aryl methyl sites for hydroxylation is 2. The van der Waals surface area contributed by atoms with E-state index in [1.165, 1.54) is 11.1 Å². The van der Waals surface area contributed by atoms with Crippen molar-refractivity contribution in [1.82, 2.24) is 20.2 Å². The van der Waals surface area contributed by atoms with E-state index in [0.29, 0.717) is 37.9 Å². The molecule has 1 aromatic carbocycles. The predicted molar refractivity (Wildman–Crippen MR) is 155 cm³/mol. The molecule has 224 valence electrons. The summed E-state index contributed by atoms with van der Waals surface area (Å²) in [5.41, 5.74) is 4.30. The lowest BCUT2D eigenvalue weighted by molar-refractivity contribution is -0.0547. The molecular formula is C32H45FN4O4. The molecule has 3 aliphatic heterocycles. The van der Waals surface area contributed by atoms with Crippen LogP contribution in [0.4, 0.5) is 4.39 Å². The van der Waals surface area contributed by atoms with Crippen LogP contribution in [0.3, 0.4) is 0 Å². The minimum absolute atomic E-state index is 0.0529. The van der Waals surface area contributed by atoms with Crippen molar-refractivity contribution >= 4 is 5.91 Å². The molecule has 8 nitrogen and oxygen atoms in total. The summed E-state index contributed by atoms with van der Waals surface area (Å²) in [5.74, 6) is -0.0498. The number of piperidine rings is 1. The van der Waals surface area contributed by atoms with Gasteiger partial charge in [-0.1, -0.05) is 29.8 Å². The van der Waals surface area contributed by atoms with E-state index < -0.39 is 6.67 Å². The number of nitrogens with one attached hydrogen (secondary N) is 1. The van der Waals surface area contributed by atoms with Crippen molar-refractivity contribution < 1.29 is 23.4 Å². The quantitative estimate of drug-likeness (QED) is 0.465. The van der Waals surface area contributed by atoms with Crippen LogP contribution >= 0.6 is 0 Å². The lowest BCUT2D eigenvalue weighted by Crippen LogP contribution is -2.54. The smallest absolute Gasteiger partial charge is 0.272 e. The largest absolute Gasteiger partial charge is 0.379 e.